The molecule has 79 heavy (non-hydrogen) atoms. The summed E-state index contributed by atoms with van der Waals surface area (Å²) < 4.78 is 17.7. The van der Waals surface area contributed by atoms with Crippen LogP contribution in [0.1, 0.15) is 348 Å². The smallest absolute Gasteiger partial charge is 0.306 e. The Labute approximate surface area is 487 Å². The van der Waals surface area contributed by atoms with Gasteiger partial charge < -0.3 is 45.1 Å². The van der Waals surface area contributed by atoms with E-state index in [1.807, 2.05) is 6.08 Å². The molecule has 8 unspecified atom stereocenters. The third-order valence-corrected chi connectivity index (χ3v) is 16.7. The molecule has 1 aliphatic heterocycles. The number of carbonyl (C=O) groups is 2. The minimum atomic E-state index is -1.61. The van der Waals surface area contributed by atoms with E-state index in [1.54, 1.807) is 6.08 Å². The van der Waals surface area contributed by atoms with Crippen LogP contribution in [-0.4, -0.2) is 99.6 Å². The predicted octanol–water partition coefficient (Wildman–Crippen LogP) is 17.1. The molecule has 11 nitrogen and oxygen atoms in total. The average molecular weight is 1120 g/mol. The molecule has 1 fully saturated rings. The van der Waals surface area contributed by atoms with E-state index in [0.717, 1.165) is 57.8 Å². The molecular formula is C68H131NO10. The second-order valence-corrected chi connectivity index (χ2v) is 24.3. The minimum absolute atomic E-state index is 0.132. The van der Waals surface area contributed by atoms with E-state index in [-0.39, 0.29) is 13.0 Å². The van der Waals surface area contributed by atoms with Crippen molar-refractivity contribution in [2.45, 2.75) is 397 Å². The monoisotopic (exact) mass is 1120 g/mol. The van der Waals surface area contributed by atoms with Gasteiger partial charge in [0.05, 0.1) is 25.4 Å². The van der Waals surface area contributed by atoms with Crippen LogP contribution in [0.4, 0.5) is 0 Å². The SMILES string of the molecule is CCCCCCCCCCCCC/C=C/C(O)C(COC1OC(CO)C(O)C(O)C1OC(=O)CCCCCCCCCCCCCCCCCCC)NC(=O)C(O)CCCCCCCCCCCCCCCCCCCCCC. The van der Waals surface area contributed by atoms with Gasteiger partial charge in [-0.2, -0.15) is 0 Å². The topological polar surface area (TPSA) is 175 Å². The first-order chi connectivity index (χ1) is 38.7. The average Bonchev–Trinajstić information content (AvgIpc) is 3.45. The van der Waals surface area contributed by atoms with Crippen molar-refractivity contribution >= 4 is 11.9 Å². The standard InChI is InChI=1S/C68H131NO10/c1-4-7-10-13-16-19-22-25-27-29-30-31-33-34-37-40-43-46-49-52-55-61(72)67(76)69-59(60(71)54-51-48-45-42-39-36-24-21-18-15-12-9-6-3)58-77-68-66(65(75)64(74)62(57-70)78-68)79-63(73)56-53-50-47-44-41-38-35-32-28-26-23-20-17-14-11-8-5-2/h51,54,59-62,64-66,68,70-72,74-75H,4-50,52-53,55-58H2,1-3H3,(H,69,76)/b54-51+. The molecule has 0 aromatic carbocycles. The molecule has 1 aliphatic rings. The molecule has 0 aromatic heterocycles. The van der Waals surface area contributed by atoms with Crippen LogP contribution >= 0.6 is 0 Å². The third-order valence-electron chi connectivity index (χ3n) is 16.7. The second-order valence-electron chi connectivity index (χ2n) is 24.3. The zero-order chi connectivity index (χ0) is 57.5. The van der Waals surface area contributed by atoms with E-state index in [9.17, 15) is 35.1 Å². The summed E-state index contributed by atoms with van der Waals surface area (Å²) in [5.74, 6) is -1.17. The minimum Gasteiger partial charge on any atom is -0.454 e. The van der Waals surface area contributed by atoms with Crippen molar-refractivity contribution in [1.82, 2.24) is 5.32 Å². The number of nitrogens with one attached hydrogen (secondary N) is 1. The number of carbonyl (C=O) groups excluding carboxylic acids is 2. The van der Waals surface area contributed by atoms with E-state index in [1.165, 1.54) is 244 Å². The number of amides is 1. The molecule has 1 heterocycles. The molecule has 0 bridgehead atoms. The van der Waals surface area contributed by atoms with Gasteiger partial charge in [-0.15, -0.1) is 0 Å². The van der Waals surface area contributed by atoms with Crippen LogP contribution in [0.25, 0.3) is 0 Å². The van der Waals surface area contributed by atoms with Crippen LogP contribution in [0.15, 0.2) is 12.2 Å². The van der Waals surface area contributed by atoms with Crippen LogP contribution in [0.5, 0.6) is 0 Å². The van der Waals surface area contributed by atoms with Gasteiger partial charge >= 0.3 is 5.97 Å². The Morgan fingerprint density at radius 2 is 0.823 bits per heavy atom. The Morgan fingerprint density at radius 3 is 1.19 bits per heavy atom. The molecule has 0 spiro atoms. The Balaban J connectivity index is 2.61. The number of ether oxygens (including phenoxy) is 3. The first kappa shape index (κ1) is 75.4. The summed E-state index contributed by atoms with van der Waals surface area (Å²) in [5.41, 5.74) is 0. The lowest BCUT2D eigenvalue weighted by atomic mass is 9.99. The molecule has 0 radical (unpaired) electrons. The lowest BCUT2D eigenvalue weighted by Gasteiger charge is -2.41. The quantitative estimate of drug-likeness (QED) is 0.0195. The largest absolute Gasteiger partial charge is 0.454 e. The normalized spacial score (nSPS) is 18.8. The Bertz CT molecular complexity index is 1340. The lowest BCUT2D eigenvalue weighted by molar-refractivity contribution is -0.305. The number of hydrogen-bond acceptors (Lipinski definition) is 10. The fourth-order valence-electron chi connectivity index (χ4n) is 11.2. The van der Waals surface area contributed by atoms with E-state index in [0.29, 0.717) is 19.3 Å². The summed E-state index contributed by atoms with van der Waals surface area (Å²) in [6.45, 7) is 5.85. The van der Waals surface area contributed by atoms with Gasteiger partial charge in [-0.25, -0.2) is 0 Å². The first-order valence-corrected chi connectivity index (χ1v) is 34.5. The predicted molar refractivity (Wildman–Crippen MR) is 329 cm³/mol. The summed E-state index contributed by atoms with van der Waals surface area (Å²) in [4.78, 5) is 26.6. The van der Waals surface area contributed by atoms with Crippen molar-refractivity contribution in [2.24, 2.45) is 0 Å². The molecular weight excluding hydrogens is 991 g/mol. The number of aliphatic hydroxyl groups is 5. The summed E-state index contributed by atoms with van der Waals surface area (Å²) in [5, 5.41) is 57.2. The second kappa shape index (κ2) is 56.9. The van der Waals surface area contributed by atoms with Crippen molar-refractivity contribution < 1.29 is 49.3 Å². The van der Waals surface area contributed by atoms with Crippen LogP contribution in [0.3, 0.4) is 0 Å². The van der Waals surface area contributed by atoms with Crippen LogP contribution in [-0.2, 0) is 23.8 Å². The molecule has 1 rings (SSSR count). The third kappa shape index (κ3) is 44.6. The fourth-order valence-corrected chi connectivity index (χ4v) is 11.2. The number of allylic oxidation sites excluding steroid dienone is 1. The van der Waals surface area contributed by atoms with Gasteiger partial charge in [0.25, 0.3) is 0 Å². The summed E-state index contributed by atoms with van der Waals surface area (Å²) in [7, 11) is 0. The number of rotatable bonds is 60. The first-order valence-electron chi connectivity index (χ1n) is 34.5. The van der Waals surface area contributed by atoms with Crippen LogP contribution in [0, 0.1) is 0 Å². The summed E-state index contributed by atoms with van der Waals surface area (Å²) in [6.07, 6.45) is 55.3. The Morgan fingerprint density at radius 1 is 0.481 bits per heavy atom. The van der Waals surface area contributed by atoms with Gasteiger partial charge in [-0.1, -0.05) is 328 Å². The van der Waals surface area contributed by atoms with Crippen molar-refractivity contribution in [1.29, 1.82) is 0 Å². The molecule has 0 saturated carbocycles. The zero-order valence-corrected chi connectivity index (χ0v) is 52.0. The summed E-state index contributed by atoms with van der Waals surface area (Å²) >= 11 is 0. The van der Waals surface area contributed by atoms with Crippen molar-refractivity contribution in [3.63, 3.8) is 0 Å². The number of esters is 1. The maximum Gasteiger partial charge on any atom is 0.306 e. The molecule has 0 aliphatic carbocycles. The number of aliphatic hydroxyl groups excluding tert-OH is 5. The van der Waals surface area contributed by atoms with Gasteiger partial charge in [-0.05, 0) is 25.7 Å². The molecule has 1 amide bonds. The lowest BCUT2D eigenvalue weighted by Crippen LogP contribution is -2.61. The Kier molecular flexibility index (Phi) is 54.3. The number of unbranched alkanes of at least 4 members (excludes halogenated alkanes) is 46. The number of hydrogen-bond donors (Lipinski definition) is 6. The van der Waals surface area contributed by atoms with Crippen LogP contribution < -0.4 is 5.32 Å². The molecule has 468 valence electrons. The van der Waals surface area contributed by atoms with E-state index in [4.69, 9.17) is 14.2 Å². The maximum atomic E-state index is 13.5. The van der Waals surface area contributed by atoms with Crippen LogP contribution in [0.2, 0.25) is 0 Å². The Hall–Kier alpha value is -1.60. The van der Waals surface area contributed by atoms with E-state index in [2.05, 4.69) is 26.1 Å². The molecule has 8 atom stereocenters. The van der Waals surface area contributed by atoms with Crippen molar-refractivity contribution in [2.75, 3.05) is 13.2 Å². The van der Waals surface area contributed by atoms with Crippen molar-refractivity contribution in [3.05, 3.63) is 12.2 Å². The summed E-state index contributed by atoms with van der Waals surface area (Å²) in [6, 6.07) is -1.02. The highest BCUT2D eigenvalue weighted by atomic mass is 16.7. The van der Waals surface area contributed by atoms with Gasteiger partial charge in [0.15, 0.2) is 12.4 Å². The highest BCUT2D eigenvalue weighted by Crippen LogP contribution is 2.26. The molecule has 0 aromatic rings. The van der Waals surface area contributed by atoms with Crippen molar-refractivity contribution in [3.8, 4) is 0 Å². The van der Waals surface area contributed by atoms with E-state index >= 15 is 0 Å². The molecule has 6 N–H and O–H groups in total. The highest BCUT2D eigenvalue weighted by Gasteiger charge is 2.47. The van der Waals surface area contributed by atoms with Gasteiger partial charge in [0.1, 0.15) is 24.4 Å². The van der Waals surface area contributed by atoms with E-state index < -0.39 is 67.4 Å². The molecule has 11 heteroatoms. The zero-order valence-electron chi connectivity index (χ0n) is 52.0. The van der Waals surface area contributed by atoms with Gasteiger partial charge in [0.2, 0.25) is 5.91 Å². The highest BCUT2D eigenvalue weighted by molar-refractivity contribution is 5.80. The molecule has 1 saturated heterocycles. The van der Waals surface area contributed by atoms with Gasteiger partial charge in [0, 0.05) is 6.42 Å². The maximum absolute atomic E-state index is 13.5. The van der Waals surface area contributed by atoms with Gasteiger partial charge in [-0.3, -0.25) is 9.59 Å². The fraction of sp³-hybridized carbons (Fsp3) is 0.941.